The van der Waals surface area contributed by atoms with Gasteiger partial charge in [0.2, 0.25) is 0 Å². The molecule has 120 valence electrons. The van der Waals surface area contributed by atoms with Crippen molar-refractivity contribution in [2.45, 2.75) is 12.8 Å². The summed E-state index contributed by atoms with van der Waals surface area (Å²) in [5.74, 6) is -0.268. The quantitative estimate of drug-likeness (QED) is 0.728. The van der Waals surface area contributed by atoms with Crippen molar-refractivity contribution in [3.8, 4) is 12.1 Å². The highest BCUT2D eigenvalue weighted by Crippen LogP contribution is 2.31. The Kier molecular flexibility index (Phi) is 5.15. The molecule has 23 heavy (non-hydrogen) atoms. The number of carboxylic acids is 1. The smallest absolute Gasteiger partial charge is 0.306 e. The van der Waals surface area contributed by atoms with Crippen LogP contribution < -0.4 is 15.5 Å². The molecule has 9 nitrogen and oxygen atoms in total. The molecule has 1 aliphatic rings. The predicted octanol–water partition coefficient (Wildman–Crippen LogP) is 0.213. The fourth-order valence-electron chi connectivity index (χ4n) is 2.60. The number of nitriles is 2. The molecule has 0 saturated carbocycles. The average Bonchev–Trinajstić information content (AvgIpc) is 2.55. The first kappa shape index (κ1) is 16.3. The lowest BCUT2D eigenvalue weighted by atomic mass is 9.97. The Labute approximate surface area is 133 Å². The number of piperidine rings is 1. The van der Waals surface area contributed by atoms with Crippen LogP contribution in [0.15, 0.2) is 6.33 Å². The Morgan fingerprint density at radius 1 is 1.35 bits per heavy atom. The van der Waals surface area contributed by atoms with Crippen molar-refractivity contribution >= 4 is 23.3 Å². The van der Waals surface area contributed by atoms with Crippen LogP contribution in [0.2, 0.25) is 0 Å². The van der Waals surface area contributed by atoms with Gasteiger partial charge in [0.15, 0.2) is 11.6 Å². The Balaban J connectivity index is 2.22. The lowest BCUT2D eigenvalue weighted by molar-refractivity contribution is -0.142. The second-order valence-corrected chi connectivity index (χ2v) is 5.21. The van der Waals surface area contributed by atoms with E-state index >= 15 is 0 Å². The molecular weight excluding hydrogens is 298 g/mol. The lowest BCUT2D eigenvalue weighted by Gasteiger charge is -2.32. The van der Waals surface area contributed by atoms with E-state index in [9.17, 15) is 4.79 Å². The summed E-state index contributed by atoms with van der Waals surface area (Å²) in [5.41, 5.74) is 6.42. The molecule has 1 aliphatic heterocycles. The summed E-state index contributed by atoms with van der Waals surface area (Å²) in [6, 6.07) is 3.95. The number of carbonyl (C=O) groups is 1. The molecular formula is C14H17N7O2. The highest BCUT2D eigenvalue weighted by Gasteiger charge is 2.27. The third-order valence-corrected chi connectivity index (χ3v) is 3.81. The molecule has 0 spiro atoms. The number of aliphatic carboxylic acids is 1. The van der Waals surface area contributed by atoms with E-state index in [1.165, 1.54) is 11.2 Å². The average molecular weight is 315 g/mol. The van der Waals surface area contributed by atoms with E-state index in [-0.39, 0.29) is 19.0 Å². The molecule has 1 fully saturated rings. The van der Waals surface area contributed by atoms with E-state index in [1.807, 2.05) is 17.0 Å². The van der Waals surface area contributed by atoms with Gasteiger partial charge in [0, 0.05) is 13.1 Å². The molecule has 9 heteroatoms. The molecule has 0 bridgehead atoms. The first-order valence-electron chi connectivity index (χ1n) is 7.15. The van der Waals surface area contributed by atoms with Crippen LogP contribution >= 0.6 is 0 Å². The van der Waals surface area contributed by atoms with Crippen molar-refractivity contribution in [1.82, 2.24) is 9.97 Å². The number of aromatic nitrogens is 2. The van der Waals surface area contributed by atoms with E-state index in [0.29, 0.717) is 43.3 Å². The van der Waals surface area contributed by atoms with Crippen molar-refractivity contribution in [2.75, 3.05) is 41.7 Å². The highest BCUT2D eigenvalue weighted by atomic mass is 16.4. The van der Waals surface area contributed by atoms with Gasteiger partial charge in [-0.15, -0.1) is 0 Å². The van der Waals surface area contributed by atoms with Gasteiger partial charge in [-0.25, -0.2) is 9.97 Å². The van der Waals surface area contributed by atoms with Crippen molar-refractivity contribution in [3.63, 3.8) is 0 Å². The van der Waals surface area contributed by atoms with Gasteiger partial charge in [0.25, 0.3) is 0 Å². The molecule has 0 aliphatic carbocycles. The summed E-state index contributed by atoms with van der Waals surface area (Å²) >= 11 is 0. The van der Waals surface area contributed by atoms with Gasteiger partial charge < -0.3 is 20.6 Å². The number of nitrogen functional groups attached to an aromatic ring is 1. The number of hydrogen-bond acceptors (Lipinski definition) is 8. The van der Waals surface area contributed by atoms with Crippen molar-refractivity contribution in [2.24, 2.45) is 5.92 Å². The fraction of sp³-hybridized carbons (Fsp3) is 0.500. The molecule has 0 radical (unpaired) electrons. The Hall–Kier alpha value is -3.07. The number of nitrogens with two attached hydrogens (primary N) is 1. The third-order valence-electron chi connectivity index (χ3n) is 3.81. The molecule has 1 aromatic rings. The monoisotopic (exact) mass is 315 g/mol. The summed E-state index contributed by atoms with van der Waals surface area (Å²) in [5, 5.41) is 26.8. The number of hydrogen-bond donors (Lipinski definition) is 2. The minimum Gasteiger partial charge on any atom is -0.481 e. The minimum absolute atomic E-state index is 0.00466. The van der Waals surface area contributed by atoms with Gasteiger partial charge in [-0.1, -0.05) is 0 Å². The van der Waals surface area contributed by atoms with Gasteiger partial charge in [-0.05, 0) is 12.8 Å². The summed E-state index contributed by atoms with van der Waals surface area (Å²) in [4.78, 5) is 22.7. The summed E-state index contributed by atoms with van der Waals surface area (Å²) in [7, 11) is 0. The van der Waals surface area contributed by atoms with Crippen LogP contribution in [0.25, 0.3) is 0 Å². The number of nitrogens with zero attached hydrogens (tertiary/aromatic N) is 6. The fourth-order valence-corrected chi connectivity index (χ4v) is 2.60. The summed E-state index contributed by atoms with van der Waals surface area (Å²) in [6.45, 7) is 1.06. The first-order valence-corrected chi connectivity index (χ1v) is 7.15. The van der Waals surface area contributed by atoms with E-state index in [0.717, 1.165) is 0 Å². The molecule has 0 amide bonds. The Bertz CT molecular complexity index is 640. The van der Waals surface area contributed by atoms with Gasteiger partial charge >= 0.3 is 5.97 Å². The van der Waals surface area contributed by atoms with Crippen molar-refractivity contribution in [1.29, 1.82) is 10.5 Å². The number of anilines is 3. The van der Waals surface area contributed by atoms with Crippen LogP contribution in [0, 0.1) is 28.6 Å². The van der Waals surface area contributed by atoms with E-state index in [2.05, 4.69) is 9.97 Å². The maximum atomic E-state index is 11.0. The van der Waals surface area contributed by atoms with Crippen LogP contribution in [-0.4, -0.2) is 47.2 Å². The third kappa shape index (κ3) is 3.58. The molecule has 0 aromatic carbocycles. The molecule has 1 saturated heterocycles. The molecule has 0 atom stereocenters. The SMILES string of the molecule is N#CCN(CC#N)c1ncnc(N2CCC(C(=O)O)CC2)c1N. The van der Waals surface area contributed by atoms with Crippen LogP contribution in [-0.2, 0) is 4.79 Å². The summed E-state index contributed by atoms with van der Waals surface area (Å²) in [6.07, 6.45) is 2.38. The second kappa shape index (κ2) is 7.27. The Morgan fingerprint density at radius 2 is 1.96 bits per heavy atom. The molecule has 0 unspecified atom stereocenters. The number of rotatable bonds is 5. The normalized spacial score (nSPS) is 14.8. The summed E-state index contributed by atoms with van der Waals surface area (Å²) < 4.78 is 0. The molecule has 3 N–H and O–H groups in total. The minimum atomic E-state index is -0.782. The zero-order valence-corrected chi connectivity index (χ0v) is 12.5. The zero-order valence-electron chi connectivity index (χ0n) is 12.5. The lowest BCUT2D eigenvalue weighted by Crippen LogP contribution is -2.37. The van der Waals surface area contributed by atoms with E-state index in [1.54, 1.807) is 0 Å². The van der Waals surface area contributed by atoms with Crippen LogP contribution in [0.1, 0.15) is 12.8 Å². The number of carboxylic acid groups (broad SMARTS) is 1. The van der Waals surface area contributed by atoms with Crippen LogP contribution in [0.4, 0.5) is 17.3 Å². The van der Waals surface area contributed by atoms with Gasteiger partial charge in [-0.3, -0.25) is 4.79 Å². The maximum absolute atomic E-state index is 11.0. The Morgan fingerprint density at radius 3 is 2.48 bits per heavy atom. The molecule has 1 aromatic heterocycles. The van der Waals surface area contributed by atoms with Gasteiger partial charge in [-0.2, -0.15) is 10.5 Å². The highest BCUT2D eigenvalue weighted by molar-refractivity contribution is 5.76. The topological polar surface area (TPSA) is 143 Å². The second-order valence-electron chi connectivity index (χ2n) is 5.21. The predicted molar refractivity (Wildman–Crippen MR) is 82.5 cm³/mol. The first-order chi connectivity index (χ1) is 11.1. The molecule has 2 heterocycles. The van der Waals surface area contributed by atoms with Crippen LogP contribution in [0.5, 0.6) is 0 Å². The van der Waals surface area contributed by atoms with E-state index in [4.69, 9.17) is 21.4 Å². The zero-order chi connectivity index (χ0) is 16.8. The van der Waals surface area contributed by atoms with Gasteiger partial charge in [0.05, 0.1) is 18.1 Å². The van der Waals surface area contributed by atoms with Crippen LogP contribution in [0.3, 0.4) is 0 Å². The van der Waals surface area contributed by atoms with E-state index < -0.39 is 5.97 Å². The van der Waals surface area contributed by atoms with Gasteiger partial charge in [0.1, 0.15) is 25.1 Å². The maximum Gasteiger partial charge on any atom is 0.306 e. The molecule has 2 rings (SSSR count). The van der Waals surface area contributed by atoms with Crippen molar-refractivity contribution in [3.05, 3.63) is 6.33 Å². The standard InChI is InChI=1S/C14H17N7O2/c15-3-7-21(8-4-16)13-11(17)12(18-9-19-13)20-5-1-10(2-6-20)14(22)23/h9-10H,1-2,5-8,17H2,(H,22,23). The largest absolute Gasteiger partial charge is 0.481 e. The van der Waals surface area contributed by atoms with Crippen molar-refractivity contribution < 1.29 is 9.90 Å².